The van der Waals surface area contributed by atoms with Crippen molar-refractivity contribution in [2.24, 2.45) is 0 Å². The van der Waals surface area contributed by atoms with E-state index in [1.54, 1.807) is 0 Å². The second-order valence-electron chi connectivity index (χ2n) is 4.50. The van der Waals surface area contributed by atoms with Gasteiger partial charge in [0.25, 0.3) is 10.1 Å². The lowest BCUT2D eigenvalue weighted by Gasteiger charge is -2.04. The summed E-state index contributed by atoms with van der Waals surface area (Å²) in [6.45, 7) is 7.21. The zero-order valence-corrected chi connectivity index (χ0v) is 12.4. The molecular formula is C12H22N2O3S. The standard InChI is InChI=1S/C12H22N2O3S/c1-5-6-8-14-11(3)12(10(2)13-14)7-9-17-18(4,15)16/h5-9H2,1-4H3. The Morgan fingerprint density at radius 3 is 2.56 bits per heavy atom. The molecule has 5 nitrogen and oxygen atoms in total. The quantitative estimate of drug-likeness (QED) is 0.712. The van der Waals surface area contributed by atoms with Gasteiger partial charge in [0, 0.05) is 18.7 Å². The van der Waals surface area contributed by atoms with Crippen LogP contribution in [0.1, 0.15) is 36.7 Å². The smallest absolute Gasteiger partial charge is 0.264 e. The van der Waals surface area contributed by atoms with Crippen LogP contribution in [0.2, 0.25) is 0 Å². The lowest BCUT2D eigenvalue weighted by Crippen LogP contribution is -2.07. The molecule has 0 aliphatic carbocycles. The van der Waals surface area contributed by atoms with E-state index >= 15 is 0 Å². The summed E-state index contributed by atoms with van der Waals surface area (Å²) in [7, 11) is -3.35. The molecule has 1 heterocycles. The molecule has 1 rings (SSSR count). The van der Waals surface area contributed by atoms with Crippen molar-refractivity contribution in [2.75, 3.05) is 12.9 Å². The third-order valence-electron chi connectivity index (χ3n) is 2.90. The van der Waals surface area contributed by atoms with Gasteiger partial charge in [-0.1, -0.05) is 13.3 Å². The van der Waals surface area contributed by atoms with Crippen LogP contribution in [0.5, 0.6) is 0 Å². The van der Waals surface area contributed by atoms with Gasteiger partial charge in [0.1, 0.15) is 0 Å². The number of nitrogens with zero attached hydrogens (tertiary/aromatic N) is 2. The van der Waals surface area contributed by atoms with Crippen molar-refractivity contribution in [1.29, 1.82) is 0 Å². The average Bonchev–Trinajstić information content (AvgIpc) is 2.52. The number of rotatable bonds is 7. The van der Waals surface area contributed by atoms with Gasteiger partial charge in [0.05, 0.1) is 18.6 Å². The molecule has 1 aromatic heterocycles. The van der Waals surface area contributed by atoms with E-state index in [1.165, 1.54) is 0 Å². The molecule has 0 aliphatic rings. The van der Waals surface area contributed by atoms with Crippen LogP contribution >= 0.6 is 0 Å². The SMILES string of the molecule is CCCCn1nc(C)c(CCOS(C)(=O)=O)c1C. The summed E-state index contributed by atoms with van der Waals surface area (Å²) in [5.41, 5.74) is 3.16. The van der Waals surface area contributed by atoms with Crippen molar-refractivity contribution in [2.45, 2.75) is 46.6 Å². The van der Waals surface area contributed by atoms with Crippen molar-refractivity contribution in [1.82, 2.24) is 9.78 Å². The van der Waals surface area contributed by atoms with Gasteiger partial charge >= 0.3 is 0 Å². The highest BCUT2D eigenvalue weighted by atomic mass is 32.2. The van der Waals surface area contributed by atoms with Crippen LogP contribution in [-0.4, -0.2) is 31.1 Å². The Labute approximate surface area is 109 Å². The average molecular weight is 274 g/mol. The maximum absolute atomic E-state index is 10.9. The van der Waals surface area contributed by atoms with E-state index in [1.807, 2.05) is 18.5 Å². The predicted octanol–water partition coefficient (Wildman–Crippen LogP) is 1.82. The fourth-order valence-electron chi connectivity index (χ4n) is 1.92. The third kappa shape index (κ3) is 4.42. The largest absolute Gasteiger partial charge is 0.270 e. The van der Waals surface area contributed by atoms with Gasteiger partial charge in [-0.05, 0) is 25.8 Å². The molecule has 0 atom stereocenters. The van der Waals surface area contributed by atoms with Gasteiger partial charge in [-0.2, -0.15) is 13.5 Å². The summed E-state index contributed by atoms with van der Waals surface area (Å²) >= 11 is 0. The molecule has 104 valence electrons. The van der Waals surface area contributed by atoms with Gasteiger partial charge in [0.15, 0.2) is 0 Å². The number of hydrogen-bond acceptors (Lipinski definition) is 4. The maximum Gasteiger partial charge on any atom is 0.264 e. The van der Waals surface area contributed by atoms with Crippen molar-refractivity contribution in [3.05, 3.63) is 17.0 Å². The molecule has 6 heteroatoms. The van der Waals surface area contributed by atoms with E-state index in [0.717, 1.165) is 42.6 Å². The van der Waals surface area contributed by atoms with E-state index < -0.39 is 10.1 Å². The normalized spacial score (nSPS) is 12.0. The first-order chi connectivity index (χ1) is 8.35. The predicted molar refractivity (Wildman–Crippen MR) is 71.1 cm³/mol. The molecule has 0 unspecified atom stereocenters. The van der Waals surface area contributed by atoms with Gasteiger partial charge < -0.3 is 0 Å². The monoisotopic (exact) mass is 274 g/mol. The van der Waals surface area contributed by atoms with E-state index in [0.29, 0.717) is 6.42 Å². The van der Waals surface area contributed by atoms with Crippen LogP contribution in [0.25, 0.3) is 0 Å². The summed E-state index contributed by atoms with van der Waals surface area (Å²) < 4.78 is 28.6. The minimum Gasteiger partial charge on any atom is -0.270 e. The molecule has 0 saturated heterocycles. The molecular weight excluding hydrogens is 252 g/mol. The Hall–Kier alpha value is -0.880. The molecule has 0 N–H and O–H groups in total. The van der Waals surface area contributed by atoms with Crippen LogP contribution in [0.4, 0.5) is 0 Å². The second kappa shape index (κ2) is 6.33. The summed E-state index contributed by atoms with van der Waals surface area (Å²) in [4.78, 5) is 0. The van der Waals surface area contributed by atoms with Crippen molar-refractivity contribution in [3.63, 3.8) is 0 Å². The molecule has 0 aliphatic heterocycles. The summed E-state index contributed by atoms with van der Waals surface area (Å²) in [6, 6.07) is 0. The lowest BCUT2D eigenvalue weighted by atomic mass is 10.1. The Balaban J connectivity index is 2.68. The molecule has 0 fully saturated rings. The molecule has 1 aromatic rings. The number of unbranched alkanes of at least 4 members (excludes halogenated alkanes) is 1. The maximum atomic E-state index is 10.9. The van der Waals surface area contributed by atoms with Crippen molar-refractivity contribution >= 4 is 10.1 Å². The molecule has 0 spiro atoms. The van der Waals surface area contributed by atoms with Gasteiger partial charge in [-0.15, -0.1) is 0 Å². The first-order valence-corrected chi connectivity index (χ1v) is 8.04. The van der Waals surface area contributed by atoms with E-state index in [-0.39, 0.29) is 6.61 Å². The first-order valence-electron chi connectivity index (χ1n) is 6.22. The van der Waals surface area contributed by atoms with Gasteiger partial charge in [-0.3, -0.25) is 8.86 Å². The summed E-state index contributed by atoms with van der Waals surface area (Å²) in [6.07, 6.45) is 3.88. The summed E-state index contributed by atoms with van der Waals surface area (Å²) in [5, 5.41) is 4.47. The Morgan fingerprint density at radius 1 is 1.33 bits per heavy atom. The van der Waals surface area contributed by atoms with Crippen molar-refractivity contribution < 1.29 is 12.6 Å². The minimum absolute atomic E-state index is 0.181. The van der Waals surface area contributed by atoms with Crippen molar-refractivity contribution in [3.8, 4) is 0 Å². The second-order valence-corrected chi connectivity index (χ2v) is 6.15. The van der Waals surface area contributed by atoms with E-state index in [4.69, 9.17) is 4.18 Å². The van der Waals surface area contributed by atoms with Gasteiger partial charge in [0.2, 0.25) is 0 Å². The topological polar surface area (TPSA) is 61.2 Å². The van der Waals surface area contributed by atoms with E-state index in [2.05, 4.69) is 12.0 Å². The Bertz CT molecular complexity index is 492. The molecule has 0 aromatic carbocycles. The fourth-order valence-corrected chi connectivity index (χ4v) is 2.30. The van der Waals surface area contributed by atoms with Crippen LogP contribution in [0.3, 0.4) is 0 Å². The summed E-state index contributed by atoms with van der Waals surface area (Å²) in [5.74, 6) is 0. The third-order valence-corrected chi connectivity index (χ3v) is 3.50. The highest BCUT2D eigenvalue weighted by Crippen LogP contribution is 2.14. The number of hydrogen-bond donors (Lipinski definition) is 0. The Morgan fingerprint density at radius 2 is 2.00 bits per heavy atom. The molecule has 0 amide bonds. The van der Waals surface area contributed by atoms with Crippen LogP contribution < -0.4 is 0 Å². The Kier molecular flexibility index (Phi) is 5.34. The highest BCUT2D eigenvalue weighted by molar-refractivity contribution is 7.85. The minimum atomic E-state index is -3.35. The van der Waals surface area contributed by atoms with Crippen LogP contribution in [0.15, 0.2) is 0 Å². The molecule has 0 radical (unpaired) electrons. The molecule has 18 heavy (non-hydrogen) atoms. The van der Waals surface area contributed by atoms with Crippen LogP contribution in [0, 0.1) is 13.8 Å². The fraction of sp³-hybridized carbons (Fsp3) is 0.750. The van der Waals surface area contributed by atoms with Crippen LogP contribution in [-0.2, 0) is 27.3 Å². The molecule has 0 bridgehead atoms. The number of aryl methyl sites for hydroxylation is 2. The zero-order chi connectivity index (χ0) is 13.8. The molecule has 0 saturated carbocycles. The first kappa shape index (κ1) is 15.2. The van der Waals surface area contributed by atoms with Gasteiger partial charge in [-0.25, -0.2) is 0 Å². The van der Waals surface area contributed by atoms with E-state index in [9.17, 15) is 8.42 Å². The number of aromatic nitrogens is 2. The zero-order valence-electron chi connectivity index (χ0n) is 11.6. The highest BCUT2D eigenvalue weighted by Gasteiger charge is 2.12. The lowest BCUT2D eigenvalue weighted by molar-refractivity contribution is 0.325.